The zero-order chi connectivity index (χ0) is 13.5. The number of anilines is 1. The van der Waals surface area contributed by atoms with Crippen LogP contribution in [-0.4, -0.2) is 37.2 Å². The number of pyridine rings is 1. The molecule has 0 radical (unpaired) electrons. The maximum atomic E-state index is 11.9. The van der Waals surface area contributed by atoms with Gasteiger partial charge in [0.1, 0.15) is 5.82 Å². The Morgan fingerprint density at radius 2 is 2.42 bits per heavy atom. The van der Waals surface area contributed by atoms with Crippen LogP contribution < -0.4 is 10.6 Å². The number of hydrogen-bond acceptors (Lipinski definition) is 4. The normalized spacial score (nSPS) is 18.3. The van der Waals surface area contributed by atoms with Crippen molar-refractivity contribution >= 4 is 11.7 Å². The largest absolute Gasteiger partial charge is 0.381 e. The molecule has 1 saturated heterocycles. The molecule has 0 saturated carbocycles. The lowest BCUT2D eigenvalue weighted by molar-refractivity contribution is 0.0950. The van der Waals surface area contributed by atoms with Crippen LogP contribution in [0, 0.1) is 5.92 Å². The molecule has 2 rings (SSSR count). The summed E-state index contributed by atoms with van der Waals surface area (Å²) in [5, 5.41) is 6.02. The number of hydrogen-bond donors (Lipinski definition) is 2. The Morgan fingerprint density at radius 1 is 1.53 bits per heavy atom. The van der Waals surface area contributed by atoms with Gasteiger partial charge < -0.3 is 15.4 Å². The monoisotopic (exact) mass is 263 g/mol. The molecule has 2 heterocycles. The van der Waals surface area contributed by atoms with Gasteiger partial charge in [-0.3, -0.25) is 4.79 Å². The van der Waals surface area contributed by atoms with E-state index in [4.69, 9.17) is 4.74 Å². The van der Waals surface area contributed by atoms with Gasteiger partial charge in [-0.15, -0.1) is 0 Å². The SMILES string of the molecule is CCNc1ccc(C(=O)NCCC2CCOC2)cn1. The fourth-order valence-electron chi connectivity index (χ4n) is 2.12. The summed E-state index contributed by atoms with van der Waals surface area (Å²) in [6.07, 6.45) is 3.69. The van der Waals surface area contributed by atoms with Crippen LogP contribution in [0.25, 0.3) is 0 Å². The summed E-state index contributed by atoms with van der Waals surface area (Å²) >= 11 is 0. The van der Waals surface area contributed by atoms with E-state index in [-0.39, 0.29) is 5.91 Å². The van der Waals surface area contributed by atoms with Crippen LogP contribution in [0.4, 0.5) is 5.82 Å². The van der Waals surface area contributed by atoms with Crippen molar-refractivity contribution in [3.63, 3.8) is 0 Å². The van der Waals surface area contributed by atoms with Crippen molar-refractivity contribution in [2.75, 3.05) is 31.6 Å². The van der Waals surface area contributed by atoms with E-state index in [1.807, 2.05) is 13.0 Å². The molecule has 1 fully saturated rings. The van der Waals surface area contributed by atoms with Gasteiger partial charge in [-0.1, -0.05) is 0 Å². The van der Waals surface area contributed by atoms with Gasteiger partial charge in [-0.25, -0.2) is 4.98 Å². The van der Waals surface area contributed by atoms with Crippen molar-refractivity contribution < 1.29 is 9.53 Å². The fraction of sp³-hybridized carbons (Fsp3) is 0.571. The molecule has 104 valence electrons. The van der Waals surface area contributed by atoms with Crippen molar-refractivity contribution in [3.05, 3.63) is 23.9 Å². The molecule has 1 unspecified atom stereocenters. The van der Waals surface area contributed by atoms with E-state index in [9.17, 15) is 4.79 Å². The van der Waals surface area contributed by atoms with E-state index in [1.165, 1.54) is 0 Å². The van der Waals surface area contributed by atoms with E-state index in [2.05, 4.69) is 15.6 Å². The summed E-state index contributed by atoms with van der Waals surface area (Å²) in [6, 6.07) is 3.61. The van der Waals surface area contributed by atoms with Crippen LogP contribution in [0.2, 0.25) is 0 Å². The van der Waals surface area contributed by atoms with Gasteiger partial charge in [-0.05, 0) is 37.8 Å². The lowest BCUT2D eigenvalue weighted by Gasteiger charge is -2.09. The smallest absolute Gasteiger partial charge is 0.252 e. The van der Waals surface area contributed by atoms with Crippen molar-refractivity contribution in [3.8, 4) is 0 Å². The Hall–Kier alpha value is -1.62. The van der Waals surface area contributed by atoms with E-state index < -0.39 is 0 Å². The summed E-state index contributed by atoms with van der Waals surface area (Å²) in [5.41, 5.74) is 0.601. The van der Waals surface area contributed by atoms with Gasteiger partial charge >= 0.3 is 0 Å². The Balaban J connectivity index is 1.75. The highest BCUT2D eigenvalue weighted by Crippen LogP contribution is 2.15. The topological polar surface area (TPSA) is 63.2 Å². The zero-order valence-electron chi connectivity index (χ0n) is 11.3. The molecule has 1 atom stereocenters. The van der Waals surface area contributed by atoms with Gasteiger partial charge in [0, 0.05) is 32.5 Å². The standard InChI is InChI=1S/C14H21N3O2/c1-2-15-13-4-3-12(9-17-13)14(18)16-7-5-11-6-8-19-10-11/h3-4,9,11H,2,5-8,10H2,1H3,(H,15,17)(H,16,18). The molecule has 2 N–H and O–H groups in total. The second-order valence-corrected chi connectivity index (χ2v) is 4.74. The van der Waals surface area contributed by atoms with Gasteiger partial charge in [-0.2, -0.15) is 0 Å². The predicted octanol–water partition coefficient (Wildman–Crippen LogP) is 1.67. The van der Waals surface area contributed by atoms with Gasteiger partial charge in [0.05, 0.1) is 5.56 Å². The maximum Gasteiger partial charge on any atom is 0.252 e. The number of nitrogens with zero attached hydrogens (tertiary/aromatic N) is 1. The summed E-state index contributed by atoms with van der Waals surface area (Å²) in [7, 11) is 0. The molecular formula is C14H21N3O2. The van der Waals surface area contributed by atoms with Crippen molar-refractivity contribution in [1.29, 1.82) is 0 Å². The molecule has 5 nitrogen and oxygen atoms in total. The van der Waals surface area contributed by atoms with Gasteiger partial charge in [0.25, 0.3) is 5.91 Å². The number of aromatic nitrogens is 1. The molecule has 0 aliphatic carbocycles. The third kappa shape index (κ3) is 4.21. The minimum atomic E-state index is -0.0607. The average molecular weight is 263 g/mol. The van der Waals surface area contributed by atoms with Crippen molar-refractivity contribution in [1.82, 2.24) is 10.3 Å². The first kappa shape index (κ1) is 13.8. The molecular weight excluding hydrogens is 242 g/mol. The minimum Gasteiger partial charge on any atom is -0.381 e. The number of carbonyl (C=O) groups excluding carboxylic acids is 1. The van der Waals surface area contributed by atoms with Crippen LogP contribution in [0.1, 0.15) is 30.1 Å². The Bertz CT molecular complexity index is 400. The van der Waals surface area contributed by atoms with Crippen LogP contribution in [0.3, 0.4) is 0 Å². The highest BCUT2D eigenvalue weighted by atomic mass is 16.5. The van der Waals surface area contributed by atoms with Crippen molar-refractivity contribution in [2.45, 2.75) is 19.8 Å². The molecule has 1 aliphatic rings. The number of ether oxygens (including phenoxy) is 1. The van der Waals surface area contributed by atoms with Crippen molar-refractivity contribution in [2.24, 2.45) is 5.92 Å². The Morgan fingerprint density at radius 3 is 3.05 bits per heavy atom. The Kier molecular flexibility index (Phi) is 5.15. The Labute approximate surface area is 113 Å². The fourth-order valence-corrected chi connectivity index (χ4v) is 2.12. The number of amides is 1. The van der Waals surface area contributed by atoms with Gasteiger partial charge in [0.15, 0.2) is 0 Å². The third-order valence-corrected chi connectivity index (χ3v) is 3.25. The molecule has 0 spiro atoms. The minimum absolute atomic E-state index is 0.0607. The van der Waals surface area contributed by atoms with E-state index in [0.717, 1.165) is 38.4 Å². The second kappa shape index (κ2) is 7.09. The molecule has 1 aliphatic heterocycles. The molecule has 5 heteroatoms. The molecule has 1 amide bonds. The van der Waals surface area contributed by atoms with E-state index in [1.54, 1.807) is 12.3 Å². The first-order chi connectivity index (χ1) is 9.29. The lowest BCUT2D eigenvalue weighted by atomic mass is 10.1. The first-order valence-corrected chi connectivity index (χ1v) is 6.85. The highest BCUT2D eigenvalue weighted by molar-refractivity contribution is 5.94. The first-order valence-electron chi connectivity index (χ1n) is 6.85. The highest BCUT2D eigenvalue weighted by Gasteiger charge is 2.15. The van der Waals surface area contributed by atoms with Crippen LogP contribution in [0.15, 0.2) is 18.3 Å². The third-order valence-electron chi connectivity index (χ3n) is 3.25. The zero-order valence-corrected chi connectivity index (χ0v) is 11.3. The predicted molar refractivity (Wildman–Crippen MR) is 74.3 cm³/mol. The molecule has 1 aromatic rings. The average Bonchev–Trinajstić information content (AvgIpc) is 2.93. The van der Waals surface area contributed by atoms with Gasteiger partial charge in [0.2, 0.25) is 0 Å². The summed E-state index contributed by atoms with van der Waals surface area (Å²) in [6.45, 7) is 5.21. The number of carbonyl (C=O) groups is 1. The van der Waals surface area contributed by atoms with Crippen LogP contribution in [-0.2, 0) is 4.74 Å². The number of nitrogens with one attached hydrogen (secondary N) is 2. The summed E-state index contributed by atoms with van der Waals surface area (Å²) in [5.74, 6) is 1.33. The summed E-state index contributed by atoms with van der Waals surface area (Å²) < 4.78 is 5.31. The number of rotatable bonds is 6. The maximum absolute atomic E-state index is 11.9. The quantitative estimate of drug-likeness (QED) is 0.819. The van der Waals surface area contributed by atoms with E-state index >= 15 is 0 Å². The summed E-state index contributed by atoms with van der Waals surface area (Å²) in [4.78, 5) is 16.1. The molecule has 0 aromatic carbocycles. The molecule has 1 aromatic heterocycles. The van der Waals surface area contributed by atoms with E-state index in [0.29, 0.717) is 18.0 Å². The second-order valence-electron chi connectivity index (χ2n) is 4.74. The molecule has 19 heavy (non-hydrogen) atoms. The molecule has 0 bridgehead atoms. The van der Waals surface area contributed by atoms with Crippen LogP contribution in [0.5, 0.6) is 0 Å². The van der Waals surface area contributed by atoms with Crippen LogP contribution >= 0.6 is 0 Å². The lowest BCUT2D eigenvalue weighted by Crippen LogP contribution is -2.26.